The van der Waals surface area contributed by atoms with Gasteiger partial charge in [0, 0.05) is 50.0 Å². The number of anilines is 1. The Balaban J connectivity index is 1.77. The van der Waals surface area contributed by atoms with Gasteiger partial charge in [0.25, 0.3) is 0 Å². The first-order valence-corrected chi connectivity index (χ1v) is 10.4. The molecule has 0 unspecified atom stereocenters. The Labute approximate surface area is 177 Å². The quantitative estimate of drug-likeness (QED) is 0.709. The number of aryl methyl sites for hydroxylation is 1. The molecule has 0 aliphatic carbocycles. The van der Waals surface area contributed by atoms with Gasteiger partial charge in [0.2, 0.25) is 0 Å². The van der Waals surface area contributed by atoms with E-state index >= 15 is 0 Å². The maximum absolute atomic E-state index is 12.6. The molecule has 1 saturated heterocycles. The molecule has 1 aromatic heterocycles. The van der Waals surface area contributed by atoms with Crippen molar-refractivity contribution in [1.82, 2.24) is 14.7 Å². The monoisotopic (exact) mass is 416 g/mol. The minimum atomic E-state index is -0.501. The van der Waals surface area contributed by atoms with Crippen LogP contribution in [0.3, 0.4) is 0 Å². The minimum Gasteiger partial charge on any atom is -0.465 e. The second-order valence-corrected chi connectivity index (χ2v) is 8.67. The van der Waals surface area contributed by atoms with Crippen LogP contribution in [0.2, 0.25) is 0 Å². The third kappa shape index (κ3) is 4.52. The lowest BCUT2D eigenvalue weighted by atomic mass is 10.0. The highest BCUT2D eigenvalue weighted by atomic mass is 16.6. The first-order valence-electron chi connectivity index (χ1n) is 10.4. The summed E-state index contributed by atoms with van der Waals surface area (Å²) in [6.07, 6.45) is 3.39. The maximum Gasteiger partial charge on any atom is 0.410 e. The molecule has 1 amide bonds. The van der Waals surface area contributed by atoms with E-state index in [9.17, 15) is 9.59 Å². The number of fused-ring (bicyclic) bond motifs is 1. The molecule has 2 aromatic rings. The summed E-state index contributed by atoms with van der Waals surface area (Å²) in [7, 11) is 3.22. The normalized spacial score (nSPS) is 15.3. The van der Waals surface area contributed by atoms with E-state index in [1.165, 1.54) is 7.11 Å². The summed E-state index contributed by atoms with van der Waals surface area (Å²) in [5.41, 5.74) is 1.66. The summed E-state index contributed by atoms with van der Waals surface area (Å²) in [6.45, 7) is 9.90. The van der Waals surface area contributed by atoms with Crippen LogP contribution in [0.4, 0.5) is 10.5 Å². The molecule has 0 N–H and O–H groups in total. The summed E-state index contributed by atoms with van der Waals surface area (Å²) in [4.78, 5) is 28.8. The number of aromatic nitrogens is 2. The number of methoxy groups -OCH3 is 1. The zero-order valence-electron chi connectivity index (χ0n) is 18.8. The van der Waals surface area contributed by atoms with Gasteiger partial charge in [-0.1, -0.05) is 0 Å². The Morgan fingerprint density at radius 1 is 1.23 bits per heavy atom. The average molecular weight is 417 g/mol. The standard InChI is InChI=1S/C22H32N4O4/c1-7-26(21(28)30-22(2,3)4)15-10-12-25(13-11-15)18-9-8-16(20(27)29-6)19-17(18)14-24(5)23-19/h8-9,14-15H,7,10-13H2,1-6H3. The Bertz CT molecular complexity index is 923. The summed E-state index contributed by atoms with van der Waals surface area (Å²) < 4.78 is 12.2. The van der Waals surface area contributed by atoms with Crippen molar-refractivity contribution >= 4 is 28.7 Å². The fraction of sp³-hybridized carbons (Fsp3) is 0.591. The molecule has 8 nitrogen and oxygen atoms in total. The molecule has 2 heterocycles. The van der Waals surface area contributed by atoms with Crippen LogP contribution in [0.5, 0.6) is 0 Å². The van der Waals surface area contributed by atoms with Gasteiger partial charge in [0.15, 0.2) is 0 Å². The molecule has 1 fully saturated rings. The van der Waals surface area contributed by atoms with Crippen molar-refractivity contribution in [1.29, 1.82) is 0 Å². The molecular formula is C22H32N4O4. The molecule has 0 atom stereocenters. The summed E-state index contributed by atoms with van der Waals surface area (Å²) in [5.74, 6) is -0.389. The first-order chi connectivity index (χ1) is 14.1. The van der Waals surface area contributed by atoms with Gasteiger partial charge >= 0.3 is 12.1 Å². The largest absolute Gasteiger partial charge is 0.465 e. The number of piperidine rings is 1. The third-order valence-electron chi connectivity index (χ3n) is 5.39. The number of amides is 1. The van der Waals surface area contributed by atoms with Crippen molar-refractivity contribution in [2.24, 2.45) is 7.05 Å². The van der Waals surface area contributed by atoms with Crippen LogP contribution >= 0.6 is 0 Å². The molecule has 1 aromatic carbocycles. The summed E-state index contributed by atoms with van der Waals surface area (Å²) >= 11 is 0. The van der Waals surface area contributed by atoms with Gasteiger partial charge in [-0.25, -0.2) is 9.59 Å². The Morgan fingerprint density at radius 3 is 2.47 bits per heavy atom. The number of rotatable bonds is 4. The molecule has 0 saturated carbocycles. The number of esters is 1. The molecule has 3 rings (SSSR count). The van der Waals surface area contributed by atoms with Crippen LogP contribution < -0.4 is 4.90 Å². The van der Waals surface area contributed by atoms with E-state index in [-0.39, 0.29) is 18.1 Å². The second kappa shape index (κ2) is 8.53. The number of hydrogen-bond donors (Lipinski definition) is 0. The number of carbonyl (C=O) groups is 2. The summed E-state index contributed by atoms with van der Waals surface area (Å²) in [5, 5.41) is 5.40. The predicted molar refractivity (Wildman–Crippen MR) is 116 cm³/mol. The predicted octanol–water partition coefficient (Wildman–Crippen LogP) is 3.59. The van der Waals surface area contributed by atoms with Gasteiger partial charge in [0.1, 0.15) is 11.1 Å². The van der Waals surface area contributed by atoms with Crippen molar-refractivity contribution in [3.63, 3.8) is 0 Å². The number of hydrogen-bond acceptors (Lipinski definition) is 6. The van der Waals surface area contributed by atoms with Crippen LogP contribution in [-0.4, -0.2) is 65.1 Å². The van der Waals surface area contributed by atoms with Gasteiger partial charge in [-0.05, 0) is 52.7 Å². The van der Waals surface area contributed by atoms with E-state index in [4.69, 9.17) is 9.47 Å². The molecule has 8 heteroatoms. The first kappa shape index (κ1) is 21.9. The van der Waals surface area contributed by atoms with Gasteiger partial charge in [-0.3, -0.25) is 4.68 Å². The molecule has 0 spiro atoms. The summed E-state index contributed by atoms with van der Waals surface area (Å²) in [6, 6.07) is 3.89. The van der Waals surface area contributed by atoms with E-state index in [1.54, 1.807) is 10.7 Å². The fourth-order valence-electron chi connectivity index (χ4n) is 4.03. The van der Waals surface area contributed by atoms with Crippen molar-refractivity contribution < 1.29 is 19.1 Å². The smallest absolute Gasteiger partial charge is 0.410 e. The molecule has 1 aliphatic heterocycles. The van der Waals surface area contributed by atoms with Gasteiger partial charge in [-0.15, -0.1) is 0 Å². The Hall–Kier alpha value is -2.77. The lowest BCUT2D eigenvalue weighted by Gasteiger charge is -2.39. The Kier molecular flexibility index (Phi) is 6.24. The van der Waals surface area contributed by atoms with Crippen molar-refractivity contribution in [2.75, 3.05) is 31.6 Å². The van der Waals surface area contributed by atoms with E-state index < -0.39 is 5.60 Å². The molecule has 1 aliphatic rings. The minimum absolute atomic E-state index is 0.153. The van der Waals surface area contributed by atoms with Crippen LogP contribution in [-0.2, 0) is 16.5 Å². The van der Waals surface area contributed by atoms with E-state index in [1.807, 2.05) is 51.9 Å². The zero-order chi connectivity index (χ0) is 22.1. The van der Waals surface area contributed by atoms with Gasteiger partial charge in [-0.2, -0.15) is 5.10 Å². The van der Waals surface area contributed by atoms with E-state index in [0.29, 0.717) is 17.6 Å². The second-order valence-electron chi connectivity index (χ2n) is 8.67. The SMILES string of the molecule is CCN(C(=O)OC(C)(C)C)C1CCN(c2ccc(C(=O)OC)c3nn(C)cc23)CC1. The fourth-order valence-corrected chi connectivity index (χ4v) is 4.03. The van der Waals surface area contributed by atoms with Crippen LogP contribution in [0.25, 0.3) is 10.9 Å². The average Bonchev–Trinajstić information content (AvgIpc) is 3.07. The zero-order valence-corrected chi connectivity index (χ0v) is 18.8. The van der Waals surface area contributed by atoms with Crippen LogP contribution in [0.15, 0.2) is 18.3 Å². The molecule has 164 valence electrons. The number of nitrogens with zero attached hydrogens (tertiary/aromatic N) is 4. The number of ether oxygens (including phenoxy) is 2. The Morgan fingerprint density at radius 2 is 1.90 bits per heavy atom. The molecule has 0 bridgehead atoms. The lowest BCUT2D eigenvalue weighted by Crippen LogP contribution is -2.48. The van der Waals surface area contributed by atoms with Crippen LogP contribution in [0.1, 0.15) is 50.9 Å². The lowest BCUT2D eigenvalue weighted by molar-refractivity contribution is 0.0149. The number of benzene rings is 1. The highest BCUT2D eigenvalue weighted by Gasteiger charge is 2.31. The van der Waals surface area contributed by atoms with Crippen molar-refractivity contribution in [3.05, 3.63) is 23.9 Å². The van der Waals surface area contributed by atoms with E-state index in [0.717, 1.165) is 37.0 Å². The highest BCUT2D eigenvalue weighted by molar-refractivity contribution is 6.06. The number of carbonyl (C=O) groups excluding carboxylic acids is 2. The maximum atomic E-state index is 12.6. The topological polar surface area (TPSA) is 76.9 Å². The van der Waals surface area contributed by atoms with Gasteiger partial charge in [0.05, 0.1) is 12.7 Å². The molecule has 0 radical (unpaired) electrons. The highest BCUT2D eigenvalue weighted by Crippen LogP contribution is 2.32. The van der Waals surface area contributed by atoms with Crippen molar-refractivity contribution in [2.45, 2.75) is 52.2 Å². The molecule has 30 heavy (non-hydrogen) atoms. The molecular weight excluding hydrogens is 384 g/mol. The third-order valence-corrected chi connectivity index (χ3v) is 5.39. The van der Waals surface area contributed by atoms with Crippen molar-refractivity contribution in [3.8, 4) is 0 Å². The van der Waals surface area contributed by atoms with E-state index in [2.05, 4.69) is 10.00 Å². The van der Waals surface area contributed by atoms with Gasteiger partial charge < -0.3 is 19.3 Å². The van der Waals surface area contributed by atoms with Crippen LogP contribution in [0, 0.1) is 0 Å².